The van der Waals surface area contributed by atoms with Gasteiger partial charge in [0.05, 0.1) is 5.56 Å². The third-order valence-electron chi connectivity index (χ3n) is 2.09. The van der Waals surface area contributed by atoms with Crippen LogP contribution in [0.15, 0.2) is 17.5 Å². The zero-order chi connectivity index (χ0) is 11.3. The molecule has 0 aliphatic rings. The number of rotatable bonds is 4. The first-order valence-corrected chi connectivity index (χ1v) is 4.77. The van der Waals surface area contributed by atoms with Gasteiger partial charge in [0.2, 0.25) is 5.95 Å². The molecule has 0 bridgehead atoms. The Hall–Kier alpha value is -1.85. The Labute approximate surface area is 88.4 Å². The predicted octanol–water partition coefficient (Wildman–Crippen LogP) is 0.417. The van der Waals surface area contributed by atoms with Gasteiger partial charge in [-0.05, 0) is 13.8 Å². The Morgan fingerprint density at radius 3 is 2.33 bits per heavy atom. The number of oxime groups is 1. The van der Waals surface area contributed by atoms with E-state index in [9.17, 15) is 0 Å². The van der Waals surface area contributed by atoms with E-state index in [4.69, 9.17) is 10.9 Å². The first-order chi connectivity index (χ1) is 7.22. The van der Waals surface area contributed by atoms with Gasteiger partial charge in [-0.3, -0.25) is 0 Å². The summed E-state index contributed by atoms with van der Waals surface area (Å²) < 4.78 is 0. The molecule has 3 N–H and O–H groups in total. The molecule has 0 unspecified atom stereocenters. The molecule has 0 aliphatic heterocycles. The molecule has 0 aromatic carbocycles. The van der Waals surface area contributed by atoms with Gasteiger partial charge in [0.15, 0.2) is 5.84 Å². The maximum Gasteiger partial charge on any atom is 0.225 e. The van der Waals surface area contributed by atoms with Crippen LogP contribution in [-0.2, 0) is 0 Å². The van der Waals surface area contributed by atoms with E-state index in [1.807, 2.05) is 18.7 Å². The van der Waals surface area contributed by atoms with Crippen LogP contribution in [0.25, 0.3) is 0 Å². The molecule has 0 saturated carbocycles. The highest BCUT2D eigenvalue weighted by molar-refractivity contribution is 5.96. The van der Waals surface area contributed by atoms with Crippen molar-refractivity contribution >= 4 is 11.8 Å². The lowest BCUT2D eigenvalue weighted by Crippen LogP contribution is -2.24. The SMILES string of the molecule is CCN(CC)c1ncc(/C(N)=N\O)cn1. The maximum absolute atomic E-state index is 8.46. The average molecular weight is 209 g/mol. The van der Waals surface area contributed by atoms with Crippen molar-refractivity contribution in [3.8, 4) is 0 Å². The molecule has 0 atom stereocenters. The van der Waals surface area contributed by atoms with Crippen LogP contribution in [0.3, 0.4) is 0 Å². The fourth-order valence-corrected chi connectivity index (χ4v) is 1.18. The Bertz CT molecular complexity index is 331. The standard InChI is InChI=1S/C9H15N5O/c1-3-14(4-2)9-11-5-7(6-12-9)8(10)13-15/h5-6,15H,3-4H2,1-2H3,(H2,10,13). The number of anilines is 1. The van der Waals surface area contributed by atoms with E-state index >= 15 is 0 Å². The molecule has 0 radical (unpaired) electrons. The van der Waals surface area contributed by atoms with Gasteiger partial charge in [0, 0.05) is 25.5 Å². The first-order valence-electron chi connectivity index (χ1n) is 4.77. The van der Waals surface area contributed by atoms with E-state index in [-0.39, 0.29) is 5.84 Å². The van der Waals surface area contributed by atoms with Crippen molar-refractivity contribution in [3.05, 3.63) is 18.0 Å². The molecule has 6 nitrogen and oxygen atoms in total. The zero-order valence-electron chi connectivity index (χ0n) is 8.88. The third-order valence-corrected chi connectivity index (χ3v) is 2.09. The van der Waals surface area contributed by atoms with Gasteiger partial charge >= 0.3 is 0 Å². The second-order valence-electron chi connectivity index (χ2n) is 2.93. The predicted molar refractivity (Wildman–Crippen MR) is 58.1 cm³/mol. The number of aromatic nitrogens is 2. The average Bonchev–Trinajstić information content (AvgIpc) is 2.30. The quantitative estimate of drug-likeness (QED) is 0.325. The lowest BCUT2D eigenvalue weighted by molar-refractivity contribution is 0.318. The summed E-state index contributed by atoms with van der Waals surface area (Å²) in [5, 5.41) is 11.3. The molecule has 1 heterocycles. The molecule has 0 spiro atoms. The van der Waals surface area contributed by atoms with Crippen LogP contribution in [0, 0.1) is 0 Å². The van der Waals surface area contributed by atoms with Crippen molar-refractivity contribution in [3.63, 3.8) is 0 Å². The van der Waals surface area contributed by atoms with Gasteiger partial charge in [0.1, 0.15) is 0 Å². The molecule has 0 amide bonds. The molecule has 1 aromatic rings. The summed E-state index contributed by atoms with van der Waals surface area (Å²) in [5.41, 5.74) is 5.90. The number of amidine groups is 1. The van der Waals surface area contributed by atoms with Crippen LogP contribution >= 0.6 is 0 Å². The minimum Gasteiger partial charge on any atom is -0.409 e. The zero-order valence-corrected chi connectivity index (χ0v) is 8.88. The van der Waals surface area contributed by atoms with E-state index in [1.165, 1.54) is 12.4 Å². The molecule has 6 heteroatoms. The number of hydrogen-bond acceptors (Lipinski definition) is 5. The summed E-state index contributed by atoms with van der Waals surface area (Å²) in [7, 11) is 0. The first kappa shape index (κ1) is 11.2. The van der Waals surface area contributed by atoms with Crippen molar-refractivity contribution in [1.82, 2.24) is 9.97 Å². The van der Waals surface area contributed by atoms with E-state index in [1.54, 1.807) is 0 Å². The Morgan fingerprint density at radius 1 is 1.40 bits per heavy atom. The van der Waals surface area contributed by atoms with Crippen molar-refractivity contribution in [2.75, 3.05) is 18.0 Å². The monoisotopic (exact) mass is 209 g/mol. The Kier molecular flexibility index (Phi) is 3.84. The summed E-state index contributed by atoms with van der Waals surface area (Å²) in [4.78, 5) is 10.3. The molecule has 0 fully saturated rings. The van der Waals surface area contributed by atoms with E-state index in [0.29, 0.717) is 11.5 Å². The molecular weight excluding hydrogens is 194 g/mol. The van der Waals surface area contributed by atoms with Crippen molar-refractivity contribution < 1.29 is 5.21 Å². The molecule has 0 aliphatic carbocycles. The maximum atomic E-state index is 8.46. The van der Waals surface area contributed by atoms with E-state index in [2.05, 4.69) is 15.1 Å². The minimum atomic E-state index is 0.0149. The second kappa shape index (κ2) is 5.14. The van der Waals surface area contributed by atoms with Gasteiger partial charge in [-0.2, -0.15) is 0 Å². The summed E-state index contributed by atoms with van der Waals surface area (Å²) in [6.07, 6.45) is 3.07. The van der Waals surface area contributed by atoms with Crippen LogP contribution in [0.4, 0.5) is 5.95 Å². The lowest BCUT2D eigenvalue weighted by Gasteiger charge is -2.17. The highest BCUT2D eigenvalue weighted by atomic mass is 16.4. The van der Waals surface area contributed by atoms with Gasteiger partial charge in [-0.1, -0.05) is 5.16 Å². The highest BCUT2D eigenvalue weighted by Gasteiger charge is 2.06. The molecular formula is C9H15N5O. The molecule has 1 aromatic heterocycles. The van der Waals surface area contributed by atoms with Crippen LogP contribution in [0.5, 0.6) is 0 Å². The number of hydrogen-bond donors (Lipinski definition) is 2. The lowest BCUT2D eigenvalue weighted by atomic mass is 10.3. The minimum absolute atomic E-state index is 0.0149. The molecule has 15 heavy (non-hydrogen) atoms. The van der Waals surface area contributed by atoms with Crippen LogP contribution in [0.2, 0.25) is 0 Å². The van der Waals surface area contributed by atoms with E-state index in [0.717, 1.165) is 13.1 Å². The summed E-state index contributed by atoms with van der Waals surface area (Å²) in [5.74, 6) is 0.663. The third kappa shape index (κ3) is 2.55. The van der Waals surface area contributed by atoms with Gasteiger partial charge in [0.25, 0.3) is 0 Å². The topological polar surface area (TPSA) is 87.6 Å². The summed E-state index contributed by atoms with van der Waals surface area (Å²) in [6.45, 7) is 5.76. The van der Waals surface area contributed by atoms with Crippen LogP contribution in [0.1, 0.15) is 19.4 Å². The van der Waals surface area contributed by atoms with Gasteiger partial charge in [-0.15, -0.1) is 0 Å². The smallest absolute Gasteiger partial charge is 0.225 e. The van der Waals surface area contributed by atoms with Crippen molar-refractivity contribution in [2.24, 2.45) is 10.9 Å². The summed E-state index contributed by atoms with van der Waals surface area (Å²) >= 11 is 0. The normalized spacial score (nSPS) is 11.5. The highest BCUT2D eigenvalue weighted by Crippen LogP contribution is 2.05. The summed E-state index contributed by atoms with van der Waals surface area (Å²) in [6, 6.07) is 0. The second-order valence-corrected chi connectivity index (χ2v) is 2.93. The van der Waals surface area contributed by atoms with E-state index < -0.39 is 0 Å². The fourth-order valence-electron chi connectivity index (χ4n) is 1.18. The van der Waals surface area contributed by atoms with Gasteiger partial charge in [-0.25, -0.2) is 9.97 Å². The Balaban J connectivity index is 2.89. The molecule has 0 saturated heterocycles. The number of nitrogens with zero attached hydrogens (tertiary/aromatic N) is 4. The van der Waals surface area contributed by atoms with Crippen LogP contribution in [-0.4, -0.2) is 34.1 Å². The molecule has 1 rings (SSSR count). The largest absolute Gasteiger partial charge is 0.409 e. The fraction of sp³-hybridized carbons (Fsp3) is 0.444. The Morgan fingerprint density at radius 2 is 1.93 bits per heavy atom. The molecule has 82 valence electrons. The van der Waals surface area contributed by atoms with Crippen LogP contribution < -0.4 is 10.6 Å². The number of nitrogens with two attached hydrogens (primary N) is 1. The van der Waals surface area contributed by atoms with Gasteiger partial charge < -0.3 is 15.8 Å². The van der Waals surface area contributed by atoms with Crippen molar-refractivity contribution in [1.29, 1.82) is 0 Å². The van der Waals surface area contributed by atoms with Crippen molar-refractivity contribution in [2.45, 2.75) is 13.8 Å².